The van der Waals surface area contributed by atoms with E-state index in [1.54, 1.807) is 0 Å². The molecule has 0 aliphatic carbocycles. The van der Waals surface area contributed by atoms with Crippen LogP contribution in [-0.2, 0) is 0 Å². The normalized spacial score (nSPS) is 10.6. The number of aromatic nitrogens is 1. The number of nitrogens with zero attached hydrogens (tertiary/aromatic N) is 2. The molecule has 0 aliphatic rings. The first-order chi connectivity index (χ1) is 6.45. The minimum absolute atomic E-state index is 0.0544. The molecule has 0 amide bonds. The Labute approximate surface area is 93.7 Å². The monoisotopic (exact) mass is 330 g/mol. The van der Waals surface area contributed by atoms with Crippen molar-refractivity contribution in [2.24, 2.45) is 0 Å². The second-order valence-corrected chi connectivity index (χ2v) is 3.86. The van der Waals surface area contributed by atoms with Crippen molar-refractivity contribution < 1.29 is 13.7 Å². The third-order valence-electron chi connectivity index (χ3n) is 1.37. The van der Waals surface area contributed by atoms with Crippen molar-refractivity contribution in [3.63, 3.8) is 0 Å². The first kappa shape index (κ1) is 11.4. The topological polar surface area (TPSA) is 56.0 Å². The van der Waals surface area contributed by atoms with Gasteiger partial charge in [0.1, 0.15) is 14.6 Å². The Kier molecular flexibility index (Phi) is 3.48. The molecule has 0 saturated heterocycles. The lowest BCUT2D eigenvalue weighted by molar-refractivity contribution is -0.386. The first-order valence-corrected chi connectivity index (χ1v) is 4.80. The lowest BCUT2D eigenvalue weighted by atomic mass is 10.3. The minimum Gasteiger partial charge on any atom is -0.258 e. The summed E-state index contributed by atoms with van der Waals surface area (Å²) in [6.45, 7) is 0. The van der Waals surface area contributed by atoms with Gasteiger partial charge >= 0.3 is 5.69 Å². The molecule has 0 bridgehead atoms. The number of rotatable bonds is 2. The van der Waals surface area contributed by atoms with Crippen LogP contribution in [0.15, 0.2) is 15.1 Å². The zero-order valence-electron chi connectivity index (χ0n) is 6.38. The Hall–Kier alpha value is -0.630. The van der Waals surface area contributed by atoms with Gasteiger partial charge in [-0.1, -0.05) is 0 Å². The van der Waals surface area contributed by atoms with Crippen LogP contribution in [0, 0.1) is 10.1 Å². The second-order valence-electron chi connectivity index (χ2n) is 2.21. The van der Waals surface area contributed by atoms with E-state index in [0.717, 1.165) is 6.20 Å². The zero-order chi connectivity index (χ0) is 10.9. The van der Waals surface area contributed by atoms with E-state index in [1.165, 1.54) is 0 Å². The van der Waals surface area contributed by atoms with E-state index in [9.17, 15) is 18.9 Å². The highest BCUT2D eigenvalue weighted by Gasteiger charge is 2.25. The van der Waals surface area contributed by atoms with Crippen molar-refractivity contribution in [3.8, 4) is 0 Å². The van der Waals surface area contributed by atoms with E-state index in [-0.39, 0.29) is 8.95 Å². The van der Waals surface area contributed by atoms with Gasteiger partial charge in [0.05, 0.1) is 4.92 Å². The van der Waals surface area contributed by atoms with E-state index in [0.29, 0.717) is 0 Å². The molecule has 8 heteroatoms. The highest BCUT2D eigenvalue weighted by atomic mass is 79.9. The molecule has 14 heavy (non-hydrogen) atoms. The van der Waals surface area contributed by atoms with Crippen molar-refractivity contribution in [2.45, 2.75) is 6.43 Å². The van der Waals surface area contributed by atoms with Gasteiger partial charge in [-0.25, -0.2) is 8.78 Å². The summed E-state index contributed by atoms with van der Waals surface area (Å²) in [6.07, 6.45) is -1.87. The predicted molar refractivity (Wildman–Crippen MR) is 51.2 cm³/mol. The van der Waals surface area contributed by atoms with Crippen LogP contribution < -0.4 is 0 Å². The molecular weight excluding hydrogens is 330 g/mol. The van der Waals surface area contributed by atoms with E-state index in [1.807, 2.05) is 0 Å². The van der Waals surface area contributed by atoms with Gasteiger partial charge in [0.2, 0.25) is 0 Å². The molecule has 0 radical (unpaired) electrons. The van der Waals surface area contributed by atoms with Crippen molar-refractivity contribution in [2.75, 3.05) is 0 Å². The lowest BCUT2D eigenvalue weighted by Gasteiger charge is -2.03. The summed E-state index contributed by atoms with van der Waals surface area (Å²) >= 11 is 5.57. The summed E-state index contributed by atoms with van der Waals surface area (Å²) in [4.78, 5) is 13.1. The maximum Gasteiger partial charge on any atom is 0.301 e. The summed E-state index contributed by atoms with van der Waals surface area (Å²) in [5.41, 5.74) is -1.09. The highest BCUT2D eigenvalue weighted by Crippen LogP contribution is 2.37. The van der Waals surface area contributed by atoms with Gasteiger partial charge in [-0.2, -0.15) is 0 Å². The molecule has 0 saturated carbocycles. The smallest absolute Gasteiger partial charge is 0.258 e. The van der Waals surface area contributed by atoms with Gasteiger partial charge in [-0.05, 0) is 31.9 Å². The lowest BCUT2D eigenvalue weighted by Crippen LogP contribution is -1.98. The Morgan fingerprint density at radius 3 is 2.50 bits per heavy atom. The maximum atomic E-state index is 12.3. The van der Waals surface area contributed by atoms with E-state index in [4.69, 9.17) is 0 Å². The number of hydrogen-bond acceptors (Lipinski definition) is 3. The summed E-state index contributed by atoms with van der Waals surface area (Å²) in [7, 11) is 0. The van der Waals surface area contributed by atoms with Crippen LogP contribution >= 0.6 is 31.9 Å². The summed E-state index contributed by atoms with van der Waals surface area (Å²) in [6, 6.07) is 0. The first-order valence-electron chi connectivity index (χ1n) is 3.21. The number of nitro groups is 1. The molecule has 0 unspecified atom stereocenters. The van der Waals surface area contributed by atoms with Gasteiger partial charge in [-0.3, -0.25) is 15.1 Å². The number of alkyl halides is 2. The number of halogens is 4. The van der Waals surface area contributed by atoms with Crippen molar-refractivity contribution in [1.82, 2.24) is 4.98 Å². The summed E-state index contributed by atoms with van der Waals surface area (Å²) < 4.78 is 24.3. The Bertz CT molecular complexity index is 386. The molecule has 0 atom stereocenters. The summed E-state index contributed by atoms with van der Waals surface area (Å²) in [5.74, 6) is 0. The Balaban J connectivity index is 3.41. The van der Waals surface area contributed by atoms with Gasteiger partial charge in [0, 0.05) is 6.20 Å². The standard InChI is InChI=1S/C6H2Br2F2N2O2/c7-2-1-11-4(6(9)10)3(8)5(2)12(13)14/h1,6H. The van der Waals surface area contributed by atoms with E-state index in [2.05, 4.69) is 36.8 Å². The highest BCUT2D eigenvalue weighted by molar-refractivity contribution is 9.11. The fourth-order valence-electron chi connectivity index (χ4n) is 0.790. The van der Waals surface area contributed by atoms with Gasteiger partial charge in [0.15, 0.2) is 0 Å². The fourth-order valence-corrected chi connectivity index (χ4v) is 2.13. The summed E-state index contributed by atoms with van der Waals surface area (Å²) in [5, 5.41) is 10.5. The van der Waals surface area contributed by atoms with E-state index >= 15 is 0 Å². The Morgan fingerprint density at radius 2 is 2.07 bits per heavy atom. The molecule has 0 aromatic carbocycles. The molecular formula is C6H2Br2F2N2O2. The van der Waals surface area contributed by atoms with Gasteiger partial charge < -0.3 is 0 Å². The molecule has 1 aromatic rings. The van der Waals surface area contributed by atoms with Crippen LogP contribution in [0.5, 0.6) is 0 Å². The Morgan fingerprint density at radius 1 is 1.50 bits per heavy atom. The SMILES string of the molecule is O=[N+]([O-])c1c(Br)cnc(C(F)F)c1Br. The zero-order valence-corrected chi connectivity index (χ0v) is 9.55. The van der Waals surface area contributed by atoms with Crippen molar-refractivity contribution in [3.05, 3.63) is 31.0 Å². The quantitative estimate of drug-likeness (QED) is 0.616. The molecule has 0 spiro atoms. The maximum absolute atomic E-state index is 12.3. The average molecular weight is 332 g/mol. The fraction of sp³-hybridized carbons (Fsp3) is 0.167. The molecule has 0 aliphatic heterocycles. The van der Waals surface area contributed by atoms with Crippen LogP contribution in [0.2, 0.25) is 0 Å². The predicted octanol–water partition coefficient (Wildman–Crippen LogP) is 3.45. The van der Waals surface area contributed by atoms with Crippen LogP contribution in [0.25, 0.3) is 0 Å². The average Bonchev–Trinajstić information content (AvgIpc) is 2.02. The van der Waals surface area contributed by atoms with Crippen molar-refractivity contribution in [1.29, 1.82) is 0 Å². The molecule has 1 heterocycles. The third-order valence-corrected chi connectivity index (χ3v) is 2.73. The van der Waals surface area contributed by atoms with E-state index < -0.39 is 22.7 Å². The molecule has 1 aromatic heterocycles. The number of hydrogen-bond donors (Lipinski definition) is 0. The van der Waals surface area contributed by atoms with Crippen LogP contribution in [0.1, 0.15) is 12.1 Å². The van der Waals surface area contributed by atoms with Crippen LogP contribution in [0.4, 0.5) is 14.5 Å². The van der Waals surface area contributed by atoms with Crippen molar-refractivity contribution >= 4 is 37.5 Å². The molecule has 4 nitrogen and oxygen atoms in total. The number of pyridine rings is 1. The molecule has 1 rings (SSSR count). The van der Waals surface area contributed by atoms with Gasteiger partial charge in [-0.15, -0.1) is 0 Å². The van der Waals surface area contributed by atoms with Crippen LogP contribution in [-0.4, -0.2) is 9.91 Å². The molecule has 76 valence electrons. The largest absolute Gasteiger partial charge is 0.301 e. The molecule has 0 N–H and O–H groups in total. The third kappa shape index (κ3) is 2.06. The minimum atomic E-state index is -2.85. The van der Waals surface area contributed by atoms with Gasteiger partial charge in [0.25, 0.3) is 6.43 Å². The van der Waals surface area contributed by atoms with Crippen LogP contribution in [0.3, 0.4) is 0 Å². The molecule has 0 fully saturated rings. The second kappa shape index (κ2) is 4.26.